The number of carbonyl (C=O) groups is 1. The summed E-state index contributed by atoms with van der Waals surface area (Å²) in [6.07, 6.45) is 1.96. The minimum absolute atomic E-state index is 0.0612. The molecule has 1 aliphatic heterocycles. The third-order valence-corrected chi connectivity index (χ3v) is 4.09. The van der Waals surface area contributed by atoms with Gasteiger partial charge in [0.25, 0.3) is 0 Å². The first kappa shape index (κ1) is 11.3. The number of nitrogens with two attached hydrogens (primary N) is 1. The zero-order chi connectivity index (χ0) is 11.7. The van der Waals surface area contributed by atoms with Gasteiger partial charge in [0.2, 0.25) is 5.91 Å². The molecule has 0 bridgehead atoms. The Morgan fingerprint density at radius 2 is 2.25 bits per heavy atom. The van der Waals surface area contributed by atoms with Gasteiger partial charge < -0.3 is 10.6 Å². The van der Waals surface area contributed by atoms with E-state index in [1.54, 1.807) is 16.7 Å². The zero-order valence-electron chi connectivity index (χ0n) is 9.56. The van der Waals surface area contributed by atoms with Gasteiger partial charge in [-0.3, -0.25) is 4.79 Å². The Bertz CT molecular complexity index is 419. The predicted molar refractivity (Wildman–Crippen MR) is 68.8 cm³/mol. The molecule has 16 heavy (non-hydrogen) atoms. The lowest BCUT2D eigenvalue weighted by atomic mass is 10.2. The maximum atomic E-state index is 12.1. The van der Waals surface area contributed by atoms with Gasteiger partial charge in [-0.1, -0.05) is 13.3 Å². The van der Waals surface area contributed by atoms with Gasteiger partial charge in [0.15, 0.2) is 0 Å². The highest BCUT2D eigenvalue weighted by Gasteiger charge is 2.30. The number of anilines is 2. The van der Waals surface area contributed by atoms with E-state index in [-0.39, 0.29) is 11.2 Å². The molecule has 3 nitrogen and oxygen atoms in total. The summed E-state index contributed by atoms with van der Waals surface area (Å²) in [5, 5.41) is 0.0612. The Morgan fingerprint density at radius 1 is 1.50 bits per heavy atom. The second kappa shape index (κ2) is 4.37. The van der Waals surface area contributed by atoms with Crippen molar-refractivity contribution in [3.8, 4) is 0 Å². The van der Waals surface area contributed by atoms with E-state index >= 15 is 0 Å². The highest BCUT2D eigenvalue weighted by molar-refractivity contribution is 8.01. The molecule has 1 atom stereocenters. The molecule has 1 aliphatic rings. The van der Waals surface area contributed by atoms with Crippen LogP contribution in [0, 0.1) is 0 Å². The number of fused-ring (bicyclic) bond motifs is 1. The lowest BCUT2D eigenvalue weighted by Crippen LogP contribution is -2.38. The average molecular weight is 236 g/mol. The summed E-state index contributed by atoms with van der Waals surface area (Å²) in [6, 6.07) is 5.75. The molecule has 86 valence electrons. The molecule has 0 spiro atoms. The monoisotopic (exact) mass is 236 g/mol. The summed E-state index contributed by atoms with van der Waals surface area (Å²) in [4.78, 5) is 14.9. The van der Waals surface area contributed by atoms with Crippen LogP contribution >= 0.6 is 11.8 Å². The maximum Gasteiger partial charge on any atom is 0.240 e. The maximum absolute atomic E-state index is 12.1. The SMILES string of the molecule is CCCC1Sc2ccc(N)cc2N(C)C1=O. The Hall–Kier alpha value is -1.16. The van der Waals surface area contributed by atoms with E-state index in [9.17, 15) is 4.79 Å². The molecule has 0 aromatic heterocycles. The minimum Gasteiger partial charge on any atom is -0.399 e. The van der Waals surface area contributed by atoms with Crippen molar-refractivity contribution in [3.63, 3.8) is 0 Å². The highest BCUT2D eigenvalue weighted by Crippen LogP contribution is 2.40. The molecule has 0 saturated carbocycles. The predicted octanol–water partition coefficient (Wildman–Crippen LogP) is 2.51. The molecule has 4 heteroatoms. The van der Waals surface area contributed by atoms with Crippen molar-refractivity contribution >= 4 is 29.0 Å². The molecule has 2 N–H and O–H groups in total. The van der Waals surface area contributed by atoms with E-state index < -0.39 is 0 Å². The minimum atomic E-state index is 0.0612. The van der Waals surface area contributed by atoms with Crippen LogP contribution in [0.1, 0.15) is 19.8 Å². The number of thioether (sulfide) groups is 1. The van der Waals surface area contributed by atoms with Gasteiger partial charge in [0, 0.05) is 17.6 Å². The van der Waals surface area contributed by atoms with E-state index in [2.05, 4.69) is 6.92 Å². The number of carbonyl (C=O) groups excluding carboxylic acids is 1. The lowest BCUT2D eigenvalue weighted by Gasteiger charge is -2.31. The van der Waals surface area contributed by atoms with Crippen LogP contribution in [0.5, 0.6) is 0 Å². The first-order chi connectivity index (χ1) is 7.63. The van der Waals surface area contributed by atoms with Gasteiger partial charge in [0.05, 0.1) is 10.9 Å². The van der Waals surface area contributed by atoms with Crippen molar-refractivity contribution < 1.29 is 4.79 Å². The molecular weight excluding hydrogens is 220 g/mol. The van der Waals surface area contributed by atoms with E-state index in [1.165, 1.54) is 0 Å². The van der Waals surface area contributed by atoms with Crippen molar-refractivity contribution in [2.75, 3.05) is 17.7 Å². The lowest BCUT2D eigenvalue weighted by molar-refractivity contribution is -0.118. The van der Waals surface area contributed by atoms with Crippen LogP contribution in [0.15, 0.2) is 23.1 Å². The number of rotatable bonds is 2. The second-order valence-corrected chi connectivity index (χ2v) is 5.26. The summed E-state index contributed by atoms with van der Waals surface area (Å²) in [7, 11) is 1.82. The quantitative estimate of drug-likeness (QED) is 0.802. The van der Waals surface area contributed by atoms with E-state index in [0.29, 0.717) is 5.69 Å². The Morgan fingerprint density at radius 3 is 2.94 bits per heavy atom. The molecule has 0 radical (unpaired) electrons. The fourth-order valence-corrected chi connectivity index (χ4v) is 3.26. The van der Waals surface area contributed by atoms with Crippen LogP contribution in [0.2, 0.25) is 0 Å². The van der Waals surface area contributed by atoms with Crippen LogP contribution in [0.3, 0.4) is 0 Å². The van der Waals surface area contributed by atoms with Crippen molar-refractivity contribution in [1.82, 2.24) is 0 Å². The molecule has 0 saturated heterocycles. The van der Waals surface area contributed by atoms with Gasteiger partial charge in [-0.15, -0.1) is 11.8 Å². The molecule has 2 rings (SSSR count). The van der Waals surface area contributed by atoms with Crippen LogP contribution in [0.25, 0.3) is 0 Å². The normalized spacial score (nSPS) is 19.8. The van der Waals surface area contributed by atoms with Crippen molar-refractivity contribution in [2.45, 2.75) is 29.9 Å². The van der Waals surface area contributed by atoms with Gasteiger partial charge in [0.1, 0.15) is 0 Å². The van der Waals surface area contributed by atoms with Crippen molar-refractivity contribution in [3.05, 3.63) is 18.2 Å². The highest BCUT2D eigenvalue weighted by atomic mass is 32.2. The number of amides is 1. The summed E-state index contributed by atoms with van der Waals surface area (Å²) in [5.41, 5.74) is 7.37. The Labute approximate surface area is 100.0 Å². The summed E-state index contributed by atoms with van der Waals surface area (Å²) in [6.45, 7) is 2.10. The molecule has 1 aromatic rings. The number of nitrogens with zero attached hydrogens (tertiary/aromatic N) is 1. The molecule has 0 aliphatic carbocycles. The van der Waals surface area contributed by atoms with E-state index in [0.717, 1.165) is 23.4 Å². The fraction of sp³-hybridized carbons (Fsp3) is 0.417. The number of nitrogen functional groups attached to an aromatic ring is 1. The average Bonchev–Trinajstić information content (AvgIpc) is 2.27. The summed E-state index contributed by atoms with van der Waals surface area (Å²) >= 11 is 1.66. The van der Waals surface area contributed by atoms with Crippen LogP contribution in [-0.4, -0.2) is 18.2 Å². The fourth-order valence-electron chi connectivity index (χ4n) is 1.88. The standard InChI is InChI=1S/C12H16N2OS/c1-3-4-11-12(15)14(2)9-7-8(13)5-6-10(9)16-11/h5-7,11H,3-4,13H2,1-2H3. The van der Waals surface area contributed by atoms with Gasteiger partial charge in [-0.25, -0.2) is 0 Å². The molecular formula is C12H16N2OS. The van der Waals surface area contributed by atoms with Gasteiger partial charge >= 0.3 is 0 Å². The molecule has 1 unspecified atom stereocenters. The number of hydrogen-bond acceptors (Lipinski definition) is 3. The Balaban J connectivity index is 2.36. The molecule has 1 amide bonds. The van der Waals surface area contributed by atoms with E-state index in [4.69, 9.17) is 5.73 Å². The smallest absolute Gasteiger partial charge is 0.240 e. The van der Waals surface area contributed by atoms with E-state index in [1.807, 2.05) is 25.2 Å². The summed E-state index contributed by atoms with van der Waals surface area (Å²) in [5.74, 6) is 0.185. The largest absolute Gasteiger partial charge is 0.399 e. The topological polar surface area (TPSA) is 46.3 Å². The first-order valence-corrected chi connectivity index (χ1v) is 6.35. The van der Waals surface area contributed by atoms with Crippen LogP contribution in [-0.2, 0) is 4.79 Å². The third kappa shape index (κ3) is 1.89. The van der Waals surface area contributed by atoms with Crippen molar-refractivity contribution in [1.29, 1.82) is 0 Å². The molecule has 1 aromatic carbocycles. The second-order valence-electron chi connectivity index (χ2n) is 4.02. The van der Waals surface area contributed by atoms with Crippen molar-refractivity contribution in [2.24, 2.45) is 0 Å². The first-order valence-electron chi connectivity index (χ1n) is 5.47. The summed E-state index contributed by atoms with van der Waals surface area (Å²) < 4.78 is 0. The zero-order valence-corrected chi connectivity index (χ0v) is 10.4. The molecule has 0 fully saturated rings. The third-order valence-electron chi connectivity index (χ3n) is 2.77. The van der Waals surface area contributed by atoms with Crippen LogP contribution in [0.4, 0.5) is 11.4 Å². The number of benzene rings is 1. The number of hydrogen-bond donors (Lipinski definition) is 1. The van der Waals surface area contributed by atoms with Gasteiger partial charge in [-0.05, 0) is 24.6 Å². The van der Waals surface area contributed by atoms with Gasteiger partial charge in [-0.2, -0.15) is 0 Å². The molecule has 1 heterocycles. The Kier molecular flexibility index (Phi) is 3.10. The van der Waals surface area contributed by atoms with Crippen LogP contribution < -0.4 is 10.6 Å².